The number of likely N-dealkylation sites (N-methyl/N-ethyl adjacent to an activating group) is 1. The number of aromatic nitrogens is 3. The molecule has 0 bridgehead atoms. The highest BCUT2D eigenvalue weighted by atomic mass is 19.1. The third-order valence-corrected chi connectivity index (χ3v) is 4.91. The van der Waals surface area contributed by atoms with E-state index in [4.69, 9.17) is 0 Å². The lowest BCUT2D eigenvalue weighted by Crippen LogP contribution is -2.37. The van der Waals surface area contributed by atoms with Crippen molar-refractivity contribution in [3.63, 3.8) is 0 Å². The van der Waals surface area contributed by atoms with Gasteiger partial charge in [0.05, 0.1) is 13.0 Å². The van der Waals surface area contributed by atoms with E-state index in [0.29, 0.717) is 32.4 Å². The first-order valence-electron chi connectivity index (χ1n) is 9.38. The van der Waals surface area contributed by atoms with Crippen molar-refractivity contribution < 1.29 is 13.6 Å². The number of rotatable bonds is 6. The van der Waals surface area contributed by atoms with Gasteiger partial charge in [0.2, 0.25) is 5.91 Å². The maximum atomic E-state index is 13.7. The molecule has 152 valence electrons. The molecule has 1 atom stereocenters. The lowest BCUT2D eigenvalue weighted by atomic mass is 10.1. The Morgan fingerprint density at radius 3 is 2.82 bits per heavy atom. The number of carbonyl (C=O) groups is 1. The Balaban J connectivity index is 1.58. The minimum atomic E-state index is -0.727. The van der Waals surface area contributed by atoms with Crippen LogP contribution in [0.3, 0.4) is 0 Å². The first kappa shape index (κ1) is 20.2. The number of aryl methyl sites for hydroxylation is 1. The fraction of sp³-hybridized carbons (Fsp3) is 0.526. The summed E-state index contributed by atoms with van der Waals surface area (Å²) in [5, 5.41) is 7.32. The summed E-state index contributed by atoms with van der Waals surface area (Å²) in [6.07, 6.45) is 1.69. The lowest BCUT2D eigenvalue weighted by Gasteiger charge is -2.16. The standard InChI is InChI=1S/C19H25F2N5O2/c1-24(2)9-10-26-19(28)25-8-7-15(5-6-17(25)23-26)22-18(27)11-13-3-4-14(20)12-16(13)21/h3-4,12,15H,5-11H2,1-2H3,(H,22,27). The van der Waals surface area contributed by atoms with Gasteiger partial charge in [-0.3, -0.25) is 9.36 Å². The predicted molar refractivity (Wildman–Crippen MR) is 100.0 cm³/mol. The number of benzene rings is 1. The third kappa shape index (κ3) is 4.83. The number of fused-ring (bicyclic) bond motifs is 1. The molecule has 0 saturated heterocycles. The Morgan fingerprint density at radius 1 is 1.32 bits per heavy atom. The van der Waals surface area contributed by atoms with Gasteiger partial charge in [-0.15, -0.1) is 0 Å². The molecule has 1 aliphatic heterocycles. The summed E-state index contributed by atoms with van der Waals surface area (Å²) in [5.41, 5.74) is 0.0291. The Kier molecular flexibility index (Phi) is 6.23. The van der Waals surface area contributed by atoms with E-state index >= 15 is 0 Å². The van der Waals surface area contributed by atoms with Gasteiger partial charge in [-0.2, -0.15) is 5.10 Å². The molecule has 0 radical (unpaired) electrons. The molecular formula is C19H25F2N5O2. The van der Waals surface area contributed by atoms with Gasteiger partial charge >= 0.3 is 5.69 Å². The summed E-state index contributed by atoms with van der Waals surface area (Å²) in [4.78, 5) is 26.7. The number of hydrogen-bond donors (Lipinski definition) is 1. The normalized spacial score (nSPS) is 16.7. The van der Waals surface area contributed by atoms with Crippen LogP contribution in [-0.2, 0) is 30.7 Å². The first-order valence-corrected chi connectivity index (χ1v) is 9.38. The highest BCUT2D eigenvalue weighted by Gasteiger charge is 2.22. The van der Waals surface area contributed by atoms with Crippen LogP contribution in [-0.4, -0.2) is 51.8 Å². The van der Waals surface area contributed by atoms with Crippen LogP contribution >= 0.6 is 0 Å². The van der Waals surface area contributed by atoms with Crippen LogP contribution in [0.2, 0.25) is 0 Å². The van der Waals surface area contributed by atoms with Gasteiger partial charge in [-0.1, -0.05) is 6.07 Å². The van der Waals surface area contributed by atoms with E-state index in [2.05, 4.69) is 10.4 Å². The van der Waals surface area contributed by atoms with E-state index < -0.39 is 11.6 Å². The van der Waals surface area contributed by atoms with Gasteiger partial charge in [0, 0.05) is 31.6 Å². The van der Waals surface area contributed by atoms with E-state index in [9.17, 15) is 18.4 Å². The van der Waals surface area contributed by atoms with Crippen LogP contribution in [0.4, 0.5) is 8.78 Å². The van der Waals surface area contributed by atoms with Crippen molar-refractivity contribution in [3.05, 3.63) is 51.7 Å². The van der Waals surface area contributed by atoms with E-state index in [1.165, 1.54) is 10.7 Å². The summed E-state index contributed by atoms with van der Waals surface area (Å²) >= 11 is 0. The van der Waals surface area contributed by atoms with Crippen molar-refractivity contribution in [2.75, 3.05) is 20.6 Å². The third-order valence-electron chi connectivity index (χ3n) is 4.91. The zero-order valence-electron chi connectivity index (χ0n) is 16.1. The van der Waals surface area contributed by atoms with Crippen molar-refractivity contribution in [1.29, 1.82) is 0 Å². The molecule has 1 unspecified atom stereocenters. The average molecular weight is 393 g/mol. The molecule has 2 heterocycles. The van der Waals surface area contributed by atoms with Crippen molar-refractivity contribution in [3.8, 4) is 0 Å². The molecule has 28 heavy (non-hydrogen) atoms. The molecule has 3 rings (SSSR count). The number of nitrogens with zero attached hydrogens (tertiary/aromatic N) is 4. The molecule has 1 aromatic heterocycles. The molecule has 9 heteroatoms. The molecule has 0 aliphatic carbocycles. The van der Waals surface area contributed by atoms with Crippen LogP contribution in [0, 0.1) is 11.6 Å². The fourth-order valence-electron chi connectivity index (χ4n) is 3.33. The number of halogens is 2. The summed E-state index contributed by atoms with van der Waals surface area (Å²) in [6, 6.07) is 3.07. The quantitative estimate of drug-likeness (QED) is 0.793. The van der Waals surface area contributed by atoms with Crippen LogP contribution in [0.1, 0.15) is 24.2 Å². The van der Waals surface area contributed by atoms with E-state index in [0.717, 1.165) is 24.5 Å². The van der Waals surface area contributed by atoms with Crippen molar-refractivity contribution in [2.24, 2.45) is 0 Å². The zero-order valence-corrected chi connectivity index (χ0v) is 16.1. The van der Waals surface area contributed by atoms with Gasteiger partial charge < -0.3 is 10.2 Å². The van der Waals surface area contributed by atoms with E-state index in [-0.39, 0.29) is 29.6 Å². The maximum absolute atomic E-state index is 13.7. The largest absolute Gasteiger partial charge is 0.353 e. The Hall–Kier alpha value is -2.55. The second-order valence-electron chi connectivity index (χ2n) is 7.38. The SMILES string of the molecule is CN(C)CCn1nc2n(c1=O)CCC(NC(=O)Cc1ccc(F)cc1F)CC2. The molecule has 0 saturated carbocycles. The van der Waals surface area contributed by atoms with Crippen molar-refractivity contribution in [1.82, 2.24) is 24.6 Å². The molecule has 0 spiro atoms. The van der Waals surface area contributed by atoms with Crippen molar-refractivity contribution >= 4 is 5.91 Å². The predicted octanol–water partition coefficient (Wildman–Crippen LogP) is 0.948. The number of nitrogens with one attached hydrogen (secondary N) is 1. The first-order chi connectivity index (χ1) is 13.3. The van der Waals surface area contributed by atoms with Gasteiger partial charge in [-0.05, 0) is 38.6 Å². The molecule has 1 aliphatic rings. The highest BCUT2D eigenvalue weighted by molar-refractivity contribution is 5.78. The van der Waals surface area contributed by atoms with Crippen LogP contribution in [0.15, 0.2) is 23.0 Å². The van der Waals surface area contributed by atoms with Gasteiger partial charge in [0.15, 0.2) is 0 Å². The number of amides is 1. The molecule has 1 amide bonds. The minimum absolute atomic E-state index is 0.118. The van der Waals surface area contributed by atoms with E-state index in [1.54, 1.807) is 4.57 Å². The van der Waals surface area contributed by atoms with Crippen LogP contribution in [0.25, 0.3) is 0 Å². The second-order valence-corrected chi connectivity index (χ2v) is 7.38. The summed E-state index contributed by atoms with van der Waals surface area (Å²) in [7, 11) is 3.88. The molecule has 1 N–H and O–H groups in total. The highest BCUT2D eigenvalue weighted by Crippen LogP contribution is 2.14. The van der Waals surface area contributed by atoms with E-state index in [1.807, 2.05) is 19.0 Å². The number of carbonyl (C=O) groups excluding carboxylic acids is 1. The topological polar surface area (TPSA) is 72.2 Å². The van der Waals surface area contributed by atoms with Gasteiger partial charge in [0.25, 0.3) is 0 Å². The number of hydrogen-bond acceptors (Lipinski definition) is 4. The fourth-order valence-corrected chi connectivity index (χ4v) is 3.33. The van der Waals surface area contributed by atoms with Gasteiger partial charge in [0.1, 0.15) is 17.5 Å². The lowest BCUT2D eigenvalue weighted by molar-refractivity contribution is -0.121. The maximum Gasteiger partial charge on any atom is 0.345 e. The molecule has 7 nitrogen and oxygen atoms in total. The molecule has 0 fully saturated rings. The average Bonchev–Trinajstić information content (AvgIpc) is 2.79. The van der Waals surface area contributed by atoms with Gasteiger partial charge in [-0.25, -0.2) is 18.3 Å². The summed E-state index contributed by atoms with van der Waals surface area (Å²) in [6.45, 7) is 1.75. The monoisotopic (exact) mass is 393 g/mol. The van der Waals surface area contributed by atoms with Crippen LogP contribution < -0.4 is 11.0 Å². The van der Waals surface area contributed by atoms with Crippen molar-refractivity contribution in [2.45, 2.75) is 44.8 Å². The summed E-state index contributed by atoms with van der Waals surface area (Å²) in [5.74, 6) is -0.992. The minimum Gasteiger partial charge on any atom is -0.353 e. The molecule has 1 aromatic carbocycles. The summed E-state index contributed by atoms with van der Waals surface area (Å²) < 4.78 is 29.8. The molecule has 2 aromatic rings. The second kappa shape index (κ2) is 8.64. The smallest absolute Gasteiger partial charge is 0.345 e. The molecular weight excluding hydrogens is 368 g/mol. The van der Waals surface area contributed by atoms with Crippen LogP contribution in [0.5, 0.6) is 0 Å². The zero-order chi connectivity index (χ0) is 20.3. The Bertz CT molecular complexity index is 906. The Labute approximate surface area is 161 Å². The Morgan fingerprint density at radius 2 is 2.11 bits per heavy atom.